The van der Waals surface area contributed by atoms with E-state index in [1.165, 1.54) is 23.4 Å². The molecule has 0 N–H and O–H groups in total. The van der Waals surface area contributed by atoms with Crippen molar-refractivity contribution in [1.29, 1.82) is 5.26 Å². The van der Waals surface area contributed by atoms with Crippen LogP contribution in [-0.2, 0) is 6.54 Å². The van der Waals surface area contributed by atoms with Crippen LogP contribution < -0.4 is 0 Å². The molecule has 2 aliphatic rings. The second-order valence-electron chi connectivity index (χ2n) is 7.62. The van der Waals surface area contributed by atoms with E-state index < -0.39 is 18.4 Å². The van der Waals surface area contributed by atoms with Crippen molar-refractivity contribution >= 4 is 17.1 Å². The van der Waals surface area contributed by atoms with Crippen LogP contribution in [-0.4, -0.2) is 27.9 Å². The molecule has 0 radical (unpaired) electrons. The van der Waals surface area contributed by atoms with Crippen LogP contribution in [0, 0.1) is 24.2 Å². The zero-order valence-electron chi connectivity index (χ0n) is 15.7. The van der Waals surface area contributed by atoms with Crippen molar-refractivity contribution in [3.8, 4) is 6.07 Å². The van der Waals surface area contributed by atoms with E-state index in [1.54, 1.807) is 0 Å². The van der Waals surface area contributed by atoms with Crippen molar-refractivity contribution in [2.75, 3.05) is 0 Å². The quantitative estimate of drug-likeness (QED) is 0.735. The third kappa shape index (κ3) is 3.17. The number of allylic oxidation sites excluding steroid dienone is 1. The van der Waals surface area contributed by atoms with Gasteiger partial charge in [0, 0.05) is 29.9 Å². The van der Waals surface area contributed by atoms with E-state index in [0.29, 0.717) is 23.7 Å². The van der Waals surface area contributed by atoms with E-state index in [1.807, 2.05) is 29.7 Å². The van der Waals surface area contributed by atoms with Crippen molar-refractivity contribution in [2.45, 2.75) is 51.6 Å². The van der Waals surface area contributed by atoms with Gasteiger partial charge in [-0.25, -0.2) is 0 Å². The SMILES string of the molecule is Cc1ccc2c(C#N)c(C3N=CC=CN3[C@@H](C)C(F)(F)F)n(CC3CC3)c2c1. The first-order valence-electron chi connectivity index (χ1n) is 9.38. The molecular weight excluding hydrogens is 365 g/mol. The average molecular weight is 386 g/mol. The van der Waals surface area contributed by atoms with Gasteiger partial charge in [-0.05, 0) is 50.3 Å². The standard InChI is InChI=1S/C21H21F3N4/c1-13-4-7-16-17(11-25)19(28(18(16)10-13)12-15-5-6-15)20-26-8-3-9-27(20)14(2)21(22,23)24/h3-4,7-10,14-15,20H,5-6,12H2,1-2H3/t14-,20?/m0/s1. The summed E-state index contributed by atoms with van der Waals surface area (Å²) in [6.07, 6.45) is 1.35. The number of rotatable bonds is 4. The highest BCUT2D eigenvalue weighted by atomic mass is 19.4. The smallest absolute Gasteiger partial charge is 0.340 e. The minimum Gasteiger partial charge on any atom is -0.340 e. The Bertz CT molecular complexity index is 1010. The van der Waals surface area contributed by atoms with Gasteiger partial charge in [-0.2, -0.15) is 18.4 Å². The number of hydrogen-bond acceptors (Lipinski definition) is 3. The Morgan fingerprint density at radius 1 is 1.32 bits per heavy atom. The van der Waals surface area contributed by atoms with Gasteiger partial charge < -0.3 is 9.47 Å². The first-order chi connectivity index (χ1) is 13.3. The number of halogens is 3. The van der Waals surface area contributed by atoms with Crippen LogP contribution in [0.25, 0.3) is 10.9 Å². The summed E-state index contributed by atoms with van der Waals surface area (Å²) in [5.41, 5.74) is 2.90. The van der Waals surface area contributed by atoms with Crippen molar-refractivity contribution in [2.24, 2.45) is 10.9 Å². The van der Waals surface area contributed by atoms with Crippen LogP contribution in [0.2, 0.25) is 0 Å². The molecular formula is C21H21F3N4. The van der Waals surface area contributed by atoms with Crippen molar-refractivity contribution < 1.29 is 13.2 Å². The number of nitrogens with zero attached hydrogens (tertiary/aromatic N) is 4. The highest BCUT2D eigenvalue weighted by Gasteiger charge is 2.43. The summed E-state index contributed by atoms with van der Waals surface area (Å²) in [6, 6.07) is 6.34. The Labute approximate surface area is 161 Å². The lowest BCUT2D eigenvalue weighted by Gasteiger charge is -2.36. The van der Waals surface area contributed by atoms with E-state index in [-0.39, 0.29) is 0 Å². The molecule has 1 aliphatic carbocycles. The fourth-order valence-corrected chi connectivity index (χ4v) is 3.77. The monoisotopic (exact) mass is 386 g/mol. The maximum atomic E-state index is 13.5. The zero-order valence-corrected chi connectivity index (χ0v) is 15.7. The molecule has 4 rings (SSSR count). The van der Waals surface area contributed by atoms with Gasteiger partial charge in [-0.3, -0.25) is 4.99 Å². The maximum Gasteiger partial charge on any atom is 0.408 e. The lowest BCUT2D eigenvalue weighted by Crippen LogP contribution is -2.43. The molecule has 7 heteroatoms. The largest absolute Gasteiger partial charge is 0.408 e. The highest BCUT2D eigenvalue weighted by molar-refractivity contribution is 5.89. The van der Waals surface area contributed by atoms with Gasteiger partial charge in [0.2, 0.25) is 0 Å². The molecule has 2 aromatic rings. The molecule has 28 heavy (non-hydrogen) atoms. The Kier molecular flexibility index (Phi) is 4.45. The summed E-state index contributed by atoms with van der Waals surface area (Å²) in [5.74, 6) is 0.498. The molecule has 0 saturated heterocycles. The molecule has 1 unspecified atom stereocenters. The Hall–Kier alpha value is -2.75. The molecule has 0 spiro atoms. The maximum absolute atomic E-state index is 13.5. The average Bonchev–Trinajstić information content (AvgIpc) is 3.42. The molecule has 1 aliphatic heterocycles. The number of benzene rings is 1. The van der Waals surface area contributed by atoms with E-state index in [0.717, 1.165) is 36.2 Å². The van der Waals surface area contributed by atoms with Crippen LogP contribution in [0.1, 0.15) is 42.8 Å². The van der Waals surface area contributed by atoms with Crippen LogP contribution in [0.3, 0.4) is 0 Å². The Morgan fingerprint density at radius 3 is 2.71 bits per heavy atom. The molecule has 0 bridgehead atoms. The number of fused-ring (bicyclic) bond motifs is 1. The topological polar surface area (TPSA) is 44.3 Å². The molecule has 1 saturated carbocycles. The number of hydrogen-bond donors (Lipinski definition) is 0. The van der Waals surface area contributed by atoms with Crippen molar-refractivity contribution in [3.05, 3.63) is 47.3 Å². The number of nitriles is 1. The van der Waals surface area contributed by atoms with Crippen LogP contribution in [0.5, 0.6) is 0 Å². The lowest BCUT2D eigenvalue weighted by atomic mass is 10.1. The number of aryl methyl sites for hydroxylation is 1. The normalized spacial score (nSPS) is 20.6. The van der Waals surface area contributed by atoms with Gasteiger partial charge in [-0.15, -0.1) is 0 Å². The van der Waals surface area contributed by atoms with E-state index >= 15 is 0 Å². The first kappa shape index (κ1) is 18.6. The Balaban J connectivity index is 1.92. The van der Waals surface area contributed by atoms with Crippen LogP contribution >= 0.6 is 0 Å². The van der Waals surface area contributed by atoms with Gasteiger partial charge in [-0.1, -0.05) is 12.1 Å². The van der Waals surface area contributed by atoms with Crippen molar-refractivity contribution in [3.63, 3.8) is 0 Å². The van der Waals surface area contributed by atoms with Gasteiger partial charge >= 0.3 is 6.18 Å². The van der Waals surface area contributed by atoms with E-state index in [4.69, 9.17) is 0 Å². The lowest BCUT2D eigenvalue weighted by molar-refractivity contribution is -0.177. The summed E-state index contributed by atoms with van der Waals surface area (Å²) in [6.45, 7) is 3.79. The fourth-order valence-electron chi connectivity index (χ4n) is 3.77. The van der Waals surface area contributed by atoms with Gasteiger partial charge in [0.1, 0.15) is 12.1 Å². The second-order valence-corrected chi connectivity index (χ2v) is 7.62. The predicted molar refractivity (Wildman–Crippen MR) is 102 cm³/mol. The molecule has 0 amide bonds. The highest BCUT2D eigenvalue weighted by Crippen LogP contribution is 2.41. The van der Waals surface area contributed by atoms with Crippen LogP contribution in [0.15, 0.2) is 35.5 Å². The minimum absolute atomic E-state index is 0.410. The van der Waals surface area contributed by atoms with Gasteiger partial charge in [0.05, 0.1) is 11.3 Å². The second kappa shape index (κ2) is 6.69. The van der Waals surface area contributed by atoms with Crippen molar-refractivity contribution in [1.82, 2.24) is 9.47 Å². The number of aliphatic imine (C=N–C) groups is 1. The zero-order chi connectivity index (χ0) is 20.1. The summed E-state index contributed by atoms with van der Waals surface area (Å²) >= 11 is 0. The summed E-state index contributed by atoms with van der Waals surface area (Å²) in [5, 5.41) is 10.7. The molecule has 1 aromatic heterocycles. The van der Waals surface area contributed by atoms with E-state index in [2.05, 4.69) is 11.1 Å². The molecule has 1 fully saturated rings. The first-order valence-corrected chi connectivity index (χ1v) is 9.38. The third-order valence-corrected chi connectivity index (χ3v) is 5.53. The molecule has 1 aromatic carbocycles. The van der Waals surface area contributed by atoms with Gasteiger partial charge in [0.15, 0.2) is 6.17 Å². The molecule has 146 valence electrons. The third-order valence-electron chi connectivity index (χ3n) is 5.53. The van der Waals surface area contributed by atoms with Gasteiger partial charge in [0.25, 0.3) is 0 Å². The number of aromatic nitrogens is 1. The Morgan fingerprint density at radius 2 is 2.07 bits per heavy atom. The molecule has 4 nitrogen and oxygen atoms in total. The fraction of sp³-hybridized carbons (Fsp3) is 0.429. The predicted octanol–water partition coefficient (Wildman–Crippen LogP) is 5.08. The van der Waals surface area contributed by atoms with E-state index in [9.17, 15) is 18.4 Å². The summed E-state index contributed by atoms with van der Waals surface area (Å²) in [4.78, 5) is 5.57. The summed E-state index contributed by atoms with van der Waals surface area (Å²) < 4.78 is 42.5. The summed E-state index contributed by atoms with van der Waals surface area (Å²) in [7, 11) is 0. The minimum atomic E-state index is -4.40. The molecule has 2 atom stereocenters. The van der Waals surface area contributed by atoms with Crippen LogP contribution in [0.4, 0.5) is 13.2 Å². The number of alkyl halides is 3. The molecule has 2 heterocycles.